The summed E-state index contributed by atoms with van der Waals surface area (Å²) in [5.41, 5.74) is 0. The van der Waals surface area contributed by atoms with Crippen LogP contribution in [0.4, 0.5) is 0 Å². The van der Waals surface area contributed by atoms with E-state index in [2.05, 4.69) is 17.8 Å². The van der Waals surface area contributed by atoms with Crippen LogP contribution in [0.5, 0.6) is 0 Å². The van der Waals surface area contributed by atoms with Crippen molar-refractivity contribution >= 4 is 7.60 Å². The minimum atomic E-state index is -3.50. The maximum Gasteiger partial charge on any atom is 1.00 e. The summed E-state index contributed by atoms with van der Waals surface area (Å²) in [5, 5.41) is 0. The van der Waals surface area contributed by atoms with Gasteiger partial charge in [-0.3, -0.25) is 4.57 Å². The molecule has 0 amide bonds. The molecular weight excluding hydrogens is 134 g/mol. The number of hydrogen-bond acceptors (Lipinski definition) is 2. The summed E-state index contributed by atoms with van der Waals surface area (Å²) in [4.78, 5) is 8.32. The molecule has 5 heteroatoms. The minimum Gasteiger partial charge on any atom is -0.347 e. The third-order valence-electron chi connectivity index (χ3n) is 0.394. The molecule has 0 spiro atoms. The summed E-state index contributed by atoms with van der Waals surface area (Å²) in [6.45, 7) is 6.19. The Labute approximate surface area is 66.8 Å². The van der Waals surface area contributed by atoms with Gasteiger partial charge >= 0.3 is 18.9 Å². The van der Waals surface area contributed by atoms with Crippen LogP contribution < -0.4 is 18.9 Å². The van der Waals surface area contributed by atoms with Gasteiger partial charge in [0.05, 0.1) is 6.61 Å². The minimum absolute atomic E-state index is 0. The molecule has 1 N–H and O–H groups in total. The summed E-state index contributed by atoms with van der Waals surface area (Å²) in [7, 11) is -3.50. The Morgan fingerprint density at radius 2 is 2.33 bits per heavy atom. The van der Waals surface area contributed by atoms with Crippen LogP contribution in [0.1, 0.15) is 0 Å². The zero-order valence-electron chi connectivity index (χ0n) is 5.41. The fraction of sp³-hybridized carbons (Fsp3) is 0.250. The summed E-state index contributed by atoms with van der Waals surface area (Å²) >= 11 is 0. The molecule has 0 rings (SSSR count). The van der Waals surface area contributed by atoms with Crippen LogP contribution in [0.3, 0.4) is 0 Å². The normalized spacial score (nSPS) is 15.3. The Balaban J connectivity index is 0. The van der Waals surface area contributed by atoms with Crippen molar-refractivity contribution in [3.05, 3.63) is 19.3 Å². The first-order chi connectivity index (χ1) is 3.56. The molecule has 0 aromatic carbocycles. The molecule has 0 saturated carbocycles. The van der Waals surface area contributed by atoms with Crippen molar-refractivity contribution in [1.82, 2.24) is 0 Å². The summed E-state index contributed by atoms with van der Waals surface area (Å²) in [6.07, 6.45) is 1.38. The van der Waals surface area contributed by atoms with Gasteiger partial charge in [-0.25, -0.2) is 6.66 Å². The molecule has 1 unspecified atom stereocenters. The van der Waals surface area contributed by atoms with E-state index in [1.807, 2.05) is 0 Å². The van der Waals surface area contributed by atoms with Crippen LogP contribution in [0.2, 0.25) is 0 Å². The standard InChI is InChI=1S/C4H8O3P.Li/c1-3-4-7-8(2,5)6;/h3H,1-2,4H2,(H,5,6);/q-1;+1. The Bertz CT molecular complexity index is 119. The van der Waals surface area contributed by atoms with Gasteiger partial charge in [0.2, 0.25) is 0 Å². The van der Waals surface area contributed by atoms with Gasteiger partial charge in [-0.2, -0.15) is 0 Å². The van der Waals surface area contributed by atoms with Crippen molar-refractivity contribution in [2.24, 2.45) is 0 Å². The van der Waals surface area contributed by atoms with Gasteiger partial charge in [-0.1, -0.05) is 6.08 Å². The monoisotopic (exact) mass is 142 g/mol. The molecule has 3 nitrogen and oxygen atoms in total. The van der Waals surface area contributed by atoms with E-state index in [0.29, 0.717) is 0 Å². The van der Waals surface area contributed by atoms with Crippen LogP contribution in [0, 0.1) is 6.66 Å². The second-order valence-corrected chi connectivity index (χ2v) is 2.76. The summed E-state index contributed by atoms with van der Waals surface area (Å²) in [5.74, 6) is 0. The molecule has 0 bridgehead atoms. The first kappa shape index (κ1) is 12.2. The van der Waals surface area contributed by atoms with Gasteiger partial charge in [0.1, 0.15) is 0 Å². The third-order valence-corrected chi connectivity index (χ3v) is 0.947. The van der Waals surface area contributed by atoms with Gasteiger partial charge < -0.3 is 9.42 Å². The third kappa shape index (κ3) is 11.9. The molecule has 1 atom stereocenters. The maximum absolute atomic E-state index is 10.1. The molecule has 0 radical (unpaired) electrons. The van der Waals surface area contributed by atoms with Gasteiger partial charge in [0.25, 0.3) is 0 Å². The molecule has 0 heterocycles. The molecule has 0 fully saturated rings. The largest absolute Gasteiger partial charge is 1.00 e. The average Bonchev–Trinajstić information content (AvgIpc) is 1.59. The second-order valence-electron chi connectivity index (χ2n) is 1.22. The van der Waals surface area contributed by atoms with E-state index in [9.17, 15) is 4.57 Å². The Hall–Kier alpha value is 0.487. The van der Waals surface area contributed by atoms with Crippen LogP contribution in [-0.2, 0) is 9.09 Å². The predicted molar refractivity (Wildman–Crippen MR) is 31.3 cm³/mol. The van der Waals surface area contributed by atoms with Crippen LogP contribution in [0.25, 0.3) is 0 Å². The van der Waals surface area contributed by atoms with Crippen molar-refractivity contribution in [2.75, 3.05) is 6.61 Å². The van der Waals surface area contributed by atoms with Gasteiger partial charge in [0.15, 0.2) is 7.60 Å². The molecule has 0 aliphatic heterocycles. The molecule has 48 valence electrons. The smallest absolute Gasteiger partial charge is 0.347 e. The van der Waals surface area contributed by atoms with Crippen LogP contribution >= 0.6 is 7.60 Å². The first-order valence-electron chi connectivity index (χ1n) is 1.99. The molecular formula is C4H8LiO3P. The van der Waals surface area contributed by atoms with Crippen LogP contribution in [-0.4, -0.2) is 11.5 Å². The van der Waals surface area contributed by atoms with E-state index in [0.717, 1.165) is 0 Å². The van der Waals surface area contributed by atoms with E-state index in [4.69, 9.17) is 4.89 Å². The average molecular weight is 142 g/mol. The van der Waals surface area contributed by atoms with Crippen molar-refractivity contribution in [3.63, 3.8) is 0 Å². The Morgan fingerprint density at radius 3 is 2.44 bits per heavy atom. The zero-order chi connectivity index (χ0) is 6.62. The molecule has 9 heavy (non-hydrogen) atoms. The van der Waals surface area contributed by atoms with Gasteiger partial charge in [0, 0.05) is 0 Å². The van der Waals surface area contributed by atoms with E-state index < -0.39 is 7.60 Å². The van der Waals surface area contributed by atoms with E-state index >= 15 is 0 Å². The van der Waals surface area contributed by atoms with Crippen molar-refractivity contribution in [2.45, 2.75) is 0 Å². The molecule has 0 aliphatic rings. The van der Waals surface area contributed by atoms with Gasteiger partial charge in [-0.15, -0.1) is 6.58 Å². The van der Waals surface area contributed by atoms with Crippen LogP contribution in [0.15, 0.2) is 12.7 Å². The SMILES string of the molecule is C=CCOP([CH2-])(=O)O.[Li+]. The number of rotatable bonds is 3. The fourth-order valence-electron chi connectivity index (χ4n) is 0.169. The predicted octanol–water partition coefficient (Wildman–Crippen LogP) is -1.83. The van der Waals surface area contributed by atoms with Crippen molar-refractivity contribution in [1.29, 1.82) is 0 Å². The topological polar surface area (TPSA) is 46.5 Å². The second kappa shape index (κ2) is 5.29. The molecule has 0 aromatic rings. The zero-order valence-corrected chi connectivity index (χ0v) is 6.30. The van der Waals surface area contributed by atoms with Gasteiger partial charge in [-0.05, 0) is 0 Å². The number of hydrogen-bond donors (Lipinski definition) is 1. The maximum atomic E-state index is 10.1. The molecule has 0 aliphatic carbocycles. The molecule has 0 saturated heterocycles. The fourth-order valence-corrected chi connectivity index (χ4v) is 0.508. The Morgan fingerprint density at radius 1 is 1.89 bits per heavy atom. The first-order valence-corrected chi connectivity index (χ1v) is 3.75. The van der Waals surface area contributed by atoms with E-state index in [1.165, 1.54) is 6.08 Å². The van der Waals surface area contributed by atoms with E-state index in [-0.39, 0.29) is 25.5 Å². The summed E-state index contributed by atoms with van der Waals surface area (Å²) in [6, 6.07) is 0. The Kier molecular flexibility index (Phi) is 7.16. The summed E-state index contributed by atoms with van der Waals surface area (Å²) < 4.78 is 14.4. The van der Waals surface area contributed by atoms with Crippen molar-refractivity contribution < 1.29 is 32.8 Å². The quantitative estimate of drug-likeness (QED) is 0.218. The molecule has 0 aromatic heterocycles. The van der Waals surface area contributed by atoms with E-state index in [1.54, 1.807) is 0 Å². The van der Waals surface area contributed by atoms with Crippen molar-refractivity contribution in [3.8, 4) is 0 Å².